The Morgan fingerprint density at radius 3 is 2.46 bits per heavy atom. The summed E-state index contributed by atoms with van der Waals surface area (Å²) in [4.78, 5) is 21.5. The topological polar surface area (TPSA) is 72.7 Å². The summed E-state index contributed by atoms with van der Waals surface area (Å²) in [5, 5.41) is 4.67. The number of likely N-dealkylation sites (tertiary alicyclic amines) is 2. The standard InChI is InChI=1S/C26H30F3N5O3/c27-21-7-19(37-24(28)29)3-4-22(21)36-20-5-16-10-32(11-17(16)6-20)25(35)33-12-26(13-33)8-18(9-26)34-14-30-23(31-34)15-1-2-15/h3-4,7,14-18,20,24H,1-2,5-6,8-13H2/t16-,17+,20+. The molecular formula is C26H30F3N5O3. The number of fused-ring (bicyclic) bond motifs is 1. The maximum absolute atomic E-state index is 14.3. The first kappa shape index (κ1) is 23.2. The van der Waals surface area contributed by atoms with E-state index in [2.05, 4.69) is 14.8 Å². The SMILES string of the molecule is O=C(N1C[C@H]2C[C@H](Oc3ccc(OC(F)F)cc3F)C[C@H]2C1)N1CC2(CC(n3cnc(C4CC4)n3)C2)C1. The minimum Gasteiger partial charge on any atom is -0.487 e. The van der Waals surface area contributed by atoms with Crippen LogP contribution in [0.15, 0.2) is 24.5 Å². The Balaban J connectivity index is 0.869. The second-order valence-corrected chi connectivity index (χ2v) is 11.7. The summed E-state index contributed by atoms with van der Waals surface area (Å²) in [6.45, 7) is 0.0195. The molecule has 0 bridgehead atoms. The van der Waals surface area contributed by atoms with Crippen LogP contribution in [-0.2, 0) is 0 Å². The third-order valence-electron chi connectivity index (χ3n) is 8.90. The van der Waals surface area contributed by atoms with Crippen molar-refractivity contribution in [3.63, 3.8) is 0 Å². The predicted molar refractivity (Wildman–Crippen MR) is 125 cm³/mol. The fourth-order valence-electron chi connectivity index (χ4n) is 6.91. The zero-order valence-corrected chi connectivity index (χ0v) is 20.4. The Labute approximate surface area is 212 Å². The lowest BCUT2D eigenvalue weighted by Crippen LogP contribution is -2.65. The Kier molecular flexibility index (Phi) is 5.34. The van der Waals surface area contributed by atoms with E-state index in [9.17, 15) is 18.0 Å². The quantitative estimate of drug-likeness (QED) is 0.567. The molecule has 2 aromatic rings. The molecule has 0 radical (unpaired) electrons. The van der Waals surface area contributed by atoms with Gasteiger partial charge in [0.2, 0.25) is 0 Å². The first-order valence-electron chi connectivity index (χ1n) is 13.2. The van der Waals surface area contributed by atoms with Gasteiger partial charge in [-0.05, 0) is 62.5 Å². The predicted octanol–water partition coefficient (Wildman–Crippen LogP) is 4.44. The van der Waals surface area contributed by atoms with E-state index in [1.165, 1.54) is 25.0 Å². The molecule has 1 aromatic carbocycles. The van der Waals surface area contributed by atoms with Gasteiger partial charge in [0, 0.05) is 43.6 Å². The Bertz CT molecular complexity index is 1180. The molecule has 8 nitrogen and oxygen atoms in total. The molecule has 3 atom stereocenters. The second-order valence-electron chi connectivity index (χ2n) is 11.7. The number of ether oxygens (including phenoxy) is 2. The van der Waals surface area contributed by atoms with Gasteiger partial charge in [-0.15, -0.1) is 0 Å². The van der Waals surface area contributed by atoms with Crippen molar-refractivity contribution in [2.45, 2.75) is 63.2 Å². The van der Waals surface area contributed by atoms with Gasteiger partial charge in [0.1, 0.15) is 12.1 Å². The van der Waals surface area contributed by atoms with Gasteiger partial charge in [-0.3, -0.25) is 0 Å². The highest BCUT2D eigenvalue weighted by Gasteiger charge is 2.56. The Hall–Kier alpha value is -2.98. The minimum absolute atomic E-state index is 0.0406. The van der Waals surface area contributed by atoms with E-state index < -0.39 is 12.4 Å². The van der Waals surface area contributed by atoms with Crippen LogP contribution < -0.4 is 9.47 Å². The number of nitrogens with zero attached hydrogens (tertiary/aromatic N) is 5. The van der Waals surface area contributed by atoms with Crippen LogP contribution in [0.25, 0.3) is 0 Å². The number of urea groups is 1. The molecule has 5 aliphatic rings. The highest BCUT2D eigenvalue weighted by molar-refractivity contribution is 5.76. The number of amides is 2. The zero-order valence-electron chi connectivity index (χ0n) is 20.4. The summed E-state index contributed by atoms with van der Waals surface area (Å²) in [5.41, 5.74) is 0.237. The molecule has 37 heavy (non-hydrogen) atoms. The number of aromatic nitrogens is 3. The lowest BCUT2D eigenvalue weighted by Gasteiger charge is -2.59. The number of hydrogen-bond donors (Lipinski definition) is 0. The van der Waals surface area contributed by atoms with E-state index in [0.29, 0.717) is 36.9 Å². The number of carbonyl (C=O) groups excluding carboxylic acids is 1. The first-order chi connectivity index (χ1) is 17.8. The molecule has 3 heterocycles. The molecule has 198 valence electrons. The highest BCUT2D eigenvalue weighted by Crippen LogP contribution is 2.54. The number of halogens is 3. The molecule has 0 unspecified atom stereocenters. The van der Waals surface area contributed by atoms with E-state index in [1.807, 2.05) is 20.8 Å². The summed E-state index contributed by atoms with van der Waals surface area (Å²) in [7, 11) is 0. The normalized spacial score (nSPS) is 28.4. The van der Waals surface area contributed by atoms with Gasteiger partial charge in [-0.25, -0.2) is 18.9 Å². The van der Waals surface area contributed by atoms with Gasteiger partial charge in [0.15, 0.2) is 17.4 Å². The van der Waals surface area contributed by atoms with Crippen LogP contribution in [0.4, 0.5) is 18.0 Å². The number of alkyl halides is 2. The summed E-state index contributed by atoms with van der Waals surface area (Å²) >= 11 is 0. The van der Waals surface area contributed by atoms with Crippen molar-refractivity contribution in [2.24, 2.45) is 17.3 Å². The molecule has 2 aliphatic heterocycles. The van der Waals surface area contributed by atoms with E-state index in [0.717, 1.165) is 50.7 Å². The molecule has 1 spiro atoms. The van der Waals surface area contributed by atoms with Gasteiger partial charge in [-0.1, -0.05) is 0 Å². The highest BCUT2D eigenvalue weighted by atomic mass is 19.3. The molecule has 3 aliphatic carbocycles. The largest absolute Gasteiger partial charge is 0.487 e. The first-order valence-corrected chi connectivity index (χ1v) is 13.2. The number of carbonyl (C=O) groups is 1. The maximum Gasteiger partial charge on any atom is 0.387 e. The number of rotatable bonds is 6. The molecule has 2 saturated heterocycles. The van der Waals surface area contributed by atoms with Crippen molar-refractivity contribution in [3.8, 4) is 11.5 Å². The van der Waals surface area contributed by atoms with Crippen molar-refractivity contribution >= 4 is 6.03 Å². The summed E-state index contributed by atoms with van der Waals surface area (Å²) in [6, 6.07) is 4.05. The van der Waals surface area contributed by atoms with Crippen molar-refractivity contribution in [3.05, 3.63) is 36.2 Å². The fraction of sp³-hybridized carbons (Fsp3) is 0.654. The van der Waals surface area contributed by atoms with E-state index in [1.54, 1.807) is 0 Å². The fourth-order valence-corrected chi connectivity index (χ4v) is 6.91. The molecule has 7 rings (SSSR count). The molecule has 11 heteroatoms. The second kappa shape index (κ2) is 8.52. The van der Waals surface area contributed by atoms with E-state index >= 15 is 0 Å². The van der Waals surface area contributed by atoms with Crippen molar-refractivity contribution in [1.29, 1.82) is 0 Å². The van der Waals surface area contributed by atoms with Gasteiger partial charge in [0.05, 0.1) is 12.1 Å². The van der Waals surface area contributed by atoms with Crippen LogP contribution in [0.3, 0.4) is 0 Å². The molecule has 5 fully saturated rings. The lowest BCUT2D eigenvalue weighted by atomic mass is 9.61. The zero-order chi connectivity index (χ0) is 25.3. The number of hydrogen-bond acceptors (Lipinski definition) is 5. The molecule has 1 aromatic heterocycles. The van der Waals surface area contributed by atoms with Gasteiger partial charge >= 0.3 is 12.6 Å². The third-order valence-corrected chi connectivity index (χ3v) is 8.90. The van der Waals surface area contributed by atoms with Crippen molar-refractivity contribution < 1.29 is 27.4 Å². The van der Waals surface area contributed by atoms with Crippen molar-refractivity contribution in [1.82, 2.24) is 24.6 Å². The summed E-state index contributed by atoms with van der Waals surface area (Å²) in [5.74, 6) is 1.30. The monoisotopic (exact) mass is 517 g/mol. The van der Waals surface area contributed by atoms with Crippen LogP contribution in [0.5, 0.6) is 11.5 Å². The van der Waals surface area contributed by atoms with Crippen LogP contribution in [0.1, 0.15) is 56.3 Å². The third kappa shape index (κ3) is 4.29. The molecule has 0 N–H and O–H groups in total. The maximum atomic E-state index is 14.3. The van der Waals surface area contributed by atoms with Crippen LogP contribution >= 0.6 is 0 Å². The van der Waals surface area contributed by atoms with Crippen molar-refractivity contribution in [2.75, 3.05) is 26.2 Å². The van der Waals surface area contributed by atoms with Gasteiger partial charge in [-0.2, -0.15) is 13.9 Å². The summed E-state index contributed by atoms with van der Waals surface area (Å²) in [6.07, 6.45) is 7.73. The smallest absolute Gasteiger partial charge is 0.387 e. The Morgan fingerprint density at radius 1 is 1.08 bits per heavy atom. The lowest BCUT2D eigenvalue weighted by molar-refractivity contribution is -0.0735. The molecular weight excluding hydrogens is 487 g/mol. The average Bonchev–Trinajstić information content (AvgIpc) is 3.21. The Morgan fingerprint density at radius 2 is 1.81 bits per heavy atom. The minimum atomic E-state index is -3.00. The van der Waals surface area contributed by atoms with Crippen LogP contribution in [0.2, 0.25) is 0 Å². The van der Waals surface area contributed by atoms with E-state index in [-0.39, 0.29) is 29.0 Å². The number of benzene rings is 1. The van der Waals surface area contributed by atoms with Crippen LogP contribution in [-0.4, -0.2) is 69.5 Å². The summed E-state index contributed by atoms with van der Waals surface area (Å²) < 4.78 is 51.0. The van der Waals surface area contributed by atoms with E-state index in [4.69, 9.17) is 4.74 Å². The van der Waals surface area contributed by atoms with Crippen LogP contribution in [0, 0.1) is 23.1 Å². The van der Waals surface area contributed by atoms with Gasteiger partial charge < -0.3 is 19.3 Å². The average molecular weight is 518 g/mol. The molecule has 2 amide bonds. The van der Waals surface area contributed by atoms with Gasteiger partial charge in [0.25, 0.3) is 0 Å². The molecule has 3 saturated carbocycles.